The lowest BCUT2D eigenvalue weighted by molar-refractivity contribution is -0.121. The molecule has 0 aliphatic rings. The van der Waals surface area contributed by atoms with Crippen molar-refractivity contribution in [1.29, 1.82) is 0 Å². The molecule has 6 nitrogen and oxygen atoms in total. The predicted molar refractivity (Wildman–Crippen MR) is 83.9 cm³/mol. The zero-order valence-corrected chi connectivity index (χ0v) is 13.4. The maximum Gasteiger partial charge on any atom is 0.269 e. The summed E-state index contributed by atoms with van der Waals surface area (Å²) in [6, 6.07) is 4.89. The maximum atomic E-state index is 12.0. The Morgan fingerprint density at radius 3 is 2.50 bits per heavy atom. The number of carbonyl (C=O) groups excluding carboxylic acids is 2. The van der Waals surface area contributed by atoms with Gasteiger partial charge in [-0.3, -0.25) is 20.4 Å². The Morgan fingerprint density at radius 2 is 1.86 bits per heavy atom. The monoisotopic (exact) mass is 308 g/mol. The van der Waals surface area contributed by atoms with Crippen LogP contribution < -0.4 is 20.3 Å². The highest BCUT2D eigenvalue weighted by Gasteiger charge is 2.11. The molecule has 1 aromatic rings. The number of hydrogen-bond acceptors (Lipinski definition) is 4. The van der Waals surface area contributed by atoms with Crippen molar-refractivity contribution in [2.75, 3.05) is 13.7 Å². The zero-order chi connectivity index (χ0) is 16.4. The molecule has 0 unspecified atom stereocenters. The van der Waals surface area contributed by atoms with Crippen LogP contribution in [-0.2, 0) is 4.79 Å². The smallest absolute Gasteiger partial charge is 0.269 e. The van der Waals surface area contributed by atoms with E-state index in [0.29, 0.717) is 30.1 Å². The lowest BCUT2D eigenvalue weighted by Crippen LogP contribution is -2.41. The van der Waals surface area contributed by atoms with Crippen molar-refractivity contribution >= 4 is 11.8 Å². The summed E-state index contributed by atoms with van der Waals surface area (Å²) < 4.78 is 10.7. The highest BCUT2D eigenvalue weighted by Crippen LogP contribution is 2.28. The van der Waals surface area contributed by atoms with E-state index < -0.39 is 5.91 Å². The Balaban J connectivity index is 2.63. The Kier molecular flexibility index (Phi) is 7.81. The third-order valence-electron chi connectivity index (χ3n) is 2.96. The van der Waals surface area contributed by atoms with E-state index in [1.807, 2.05) is 13.8 Å². The molecular formula is C16H24N2O4. The fourth-order valence-electron chi connectivity index (χ4n) is 1.74. The van der Waals surface area contributed by atoms with Crippen molar-refractivity contribution < 1.29 is 19.1 Å². The van der Waals surface area contributed by atoms with Crippen molar-refractivity contribution in [2.45, 2.75) is 39.5 Å². The number of benzene rings is 1. The highest BCUT2D eigenvalue weighted by atomic mass is 16.5. The van der Waals surface area contributed by atoms with E-state index in [1.54, 1.807) is 18.2 Å². The van der Waals surface area contributed by atoms with Crippen LogP contribution in [0.25, 0.3) is 0 Å². The van der Waals surface area contributed by atoms with Gasteiger partial charge in [-0.1, -0.05) is 20.3 Å². The Labute approximate surface area is 131 Å². The number of carbonyl (C=O) groups is 2. The first kappa shape index (κ1) is 17.8. The molecule has 0 bridgehead atoms. The number of nitrogens with one attached hydrogen (secondary N) is 2. The summed E-state index contributed by atoms with van der Waals surface area (Å²) in [5.41, 5.74) is 5.16. The molecule has 0 aromatic heterocycles. The van der Waals surface area contributed by atoms with Crippen LogP contribution in [0.4, 0.5) is 0 Å². The van der Waals surface area contributed by atoms with E-state index in [-0.39, 0.29) is 5.91 Å². The molecule has 0 atom stereocenters. The van der Waals surface area contributed by atoms with Gasteiger partial charge in [-0.05, 0) is 31.0 Å². The van der Waals surface area contributed by atoms with Gasteiger partial charge in [0.05, 0.1) is 13.7 Å². The van der Waals surface area contributed by atoms with Gasteiger partial charge in [0, 0.05) is 12.0 Å². The van der Waals surface area contributed by atoms with Crippen LogP contribution in [0.1, 0.15) is 49.9 Å². The minimum Gasteiger partial charge on any atom is -0.493 e. The summed E-state index contributed by atoms with van der Waals surface area (Å²) in [4.78, 5) is 23.5. The molecule has 1 rings (SSSR count). The van der Waals surface area contributed by atoms with E-state index >= 15 is 0 Å². The summed E-state index contributed by atoms with van der Waals surface area (Å²) in [6.45, 7) is 4.59. The number of ether oxygens (including phenoxy) is 2. The first-order valence-corrected chi connectivity index (χ1v) is 7.52. The molecule has 0 heterocycles. The molecule has 0 spiro atoms. The second kappa shape index (κ2) is 9.65. The van der Waals surface area contributed by atoms with E-state index in [9.17, 15) is 9.59 Å². The maximum absolute atomic E-state index is 12.0. The molecule has 0 fully saturated rings. The van der Waals surface area contributed by atoms with Gasteiger partial charge in [-0.25, -0.2) is 0 Å². The Morgan fingerprint density at radius 1 is 1.09 bits per heavy atom. The summed E-state index contributed by atoms with van der Waals surface area (Å²) in [5, 5.41) is 0. The van der Waals surface area contributed by atoms with Gasteiger partial charge in [0.2, 0.25) is 5.91 Å². The Bertz CT molecular complexity index is 503. The van der Waals surface area contributed by atoms with E-state index in [4.69, 9.17) is 9.47 Å². The number of unbranched alkanes of at least 4 members (excludes halogenated alkanes) is 1. The van der Waals surface area contributed by atoms with Gasteiger partial charge in [0.15, 0.2) is 11.5 Å². The standard InChI is InChI=1S/C16H24N2O4/c1-4-6-7-15(19)17-18-16(20)12-8-9-13(22-10-5-2)14(11-12)21-3/h8-9,11H,4-7,10H2,1-3H3,(H,17,19)(H,18,20). The van der Waals surface area contributed by atoms with Gasteiger partial charge in [-0.2, -0.15) is 0 Å². The van der Waals surface area contributed by atoms with Crippen molar-refractivity contribution in [3.05, 3.63) is 23.8 Å². The first-order valence-electron chi connectivity index (χ1n) is 7.52. The molecule has 0 radical (unpaired) electrons. The molecule has 0 aliphatic carbocycles. The van der Waals surface area contributed by atoms with Crippen LogP contribution >= 0.6 is 0 Å². The number of hydrazine groups is 1. The average molecular weight is 308 g/mol. The van der Waals surface area contributed by atoms with E-state index in [1.165, 1.54) is 7.11 Å². The number of methoxy groups -OCH3 is 1. The molecule has 0 saturated carbocycles. The van der Waals surface area contributed by atoms with Gasteiger partial charge in [-0.15, -0.1) is 0 Å². The van der Waals surface area contributed by atoms with Gasteiger partial charge in [0.25, 0.3) is 5.91 Å². The third kappa shape index (κ3) is 5.63. The van der Waals surface area contributed by atoms with E-state index in [0.717, 1.165) is 19.3 Å². The normalized spacial score (nSPS) is 9.95. The summed E-state index contributed by atoms with van der Waals surface area (Å²) in [6.07, 6.45) is 3.00. The van der Waals surface area contributed by atoms with Crippen LogP contribution in [0.3, 0.4) is 0 Å². The summed E-state index contributed by atoms with van der Waals surface area (Å²) in [5.74, 6) is 0.474. The highest BCUT2D eigenvalue weighted by molar-refractivity contribution is 5.96. The van der Waals surface area contributed by atoms with Crippen LogP contribution in [0.2, 0.25) is 0 Å². The van der Waals surface area contributed by atoms with Crippen LogP contribution in [0.15, 0.2) is 18.2 Å². The van der Waals surface area contributed by atoms with Crippen molar-refractivity contribution in [3.8, 4) is 11.5 Å². The molecule has 22 heavy (non-hydrogen) atoms. The molecule has 6 heteroatoms. The summed E-state index contributed by atoms with van der Waals surface area (Å²) >= 11 is 0. The average Bonchev–Trinajstić information content (AvgIpc) is 2.55. The first-order chi connectivity index (χ1) is 10.6. The lowest BCUT2D eigenvalue weighted by atomic mass is 10.2. The molecule has 122 valence electrons. The molecule has 2 N–H and O–H groups in total. The van der Waals surface area contributed by atoms with Gasteiger partial charge >= 0.3 is 0 Å². The number of rotatable bonds is 8. The molecule has 2 amide bonds. The van der Waals surface area contributed by atoms with E-state index in [2.05, 4.69) is 10.9 Å². The second-order valence-electron chi connectivity index (χ2n) is 4.82. The van der Waals surface area contributed by atoms with Gasteiger partial charge < -0.3 is 9.47 Å². The third-order valence-corrected chi connectivity index (χ3v) is 2.96. The SMILES string of the molecule is CCCCC(=O)NNC(=O)c1ccc(OCCC)c(OC)c1. The predicted octanol–water partition coefficient (Wildman–Crippen LogP) is 2.44. The van der Waals surface area contributed by atoms with Crippen molar-refractivity contribution in [3.63, 3.8) is 0 Å². The molecule has 1 aromatic carbocycles. The second-order valence-corrected chi connectivity index (χ2v) is 4.82. The zero-order valence-electron chi connectivity index (χ0n) is 13.4. The van der Waals surface area contributed by atoms with Crippen LogP contribution in [0.5, 0.6) is 11.5 Å². The van der Waals surface area contributed by atoms with Crippen LogP contribution in [-0.4, -0.2) is 25.5 Å². The minimum atomic E-state index is -0.398. The quantitative estimate of drug-likeness (QED) is 0.723. The number of hydrogen-bond donors (Lipinski definition) is 2. The topological polar surface area (TPSA) is 76.7 Å². The fraction of sp³-hybridized carbons (Fsp3) is 0.500. The molecule has 0 aliphatic heterocycles. The number of amides is 2. The van der Waals surface area contributed by atoms with Crippen LogP contribution in [0, 0.1) is 0 Å². The molecular weight excluding hydrogens is 284 g/mol. The van der Waals surface area contributed by atoms with Gasteiger partial charge in [0.1, 0.15) is 0 Å². The molecule has 0 saturated heterocycles. The van der Waals surface area contributed by atoms with Crippen molar-refractivity contribution in [2.24, 2.45) is 0 Å². The minimum absolute atomic E-state index is 0.204. The Hall–Kier alpha value is -2.24. The van der Waals surface area contributed by atoms with Crippen molar-refractivity contribution in [1.82, 2.24) is 10.9 Å². The fourth-order valence-corrected chi connectivity index (χ4v) is 1.74. The largest absolute Gasteiger partial charge is 0.493 e. The lowest BCUT2D eigenvalue weighted by Gasteiger charge is -2.12. The summed E-state index contributed by atoms with van der Waals surface area (Å²) in [7, 11) is 1.52.